The summed E-state index contributed by atoms with van der Waals surface area (Å²) in [5, 5.41) is 17.7. The quantitative estimate of drug-likeness (QED) is 0.299. The third-order valence-corrected chi connectivity index (χ3v) is 6.01. The number of fused-ring (bicyclic) bond motifs is 1. The molecule has 0 atom stereocenters. The molecule has 4 rings (SSSR count). The van der Waals surface area contributed by atoms with Gasteiger partial charge in [-0.2, -0.15) is 5.10 Å². The molecule has 2 N–H and O–H groups in total. The number of methoxy groups -OCH3 is 3. The minimum atomic E-state index is 0.260. The van der Waals surface area contributed by atoms with Crippen LogP contribution in [0, 0.1) is 0 Å². The van der Waals surface area contributed by atoms with Crippen molar-refractivity contribution < 1.29 is 19.3 Å². The summed E-state index contributed by atoms with van der Waals surface area (Å²) in [5.41, 5.74) is 4.65. The Morgan fingerprint density at radius 2 is 1.65 bits per heavy atom. The van der Waals surface area contributed by atoms with Gasteiger partial charge in [0.1, 0.15) is 16.8 Å². The fourth-order valence-electron chi connectivity index (χ4n) is 4.22. The summed E-state index contributed by atoms with van der Waals surface area (Å²) in [6.45, 7) is 2.80. The fraction of sp³-hybridized carbons (Fsp3) is 0.321. The largest absolute Gasteiger partial charge is 0.508 e. The van der Waals surface area contributed by atoms with Gasteiger partial charge in [-0.1, -0.05) is 31.6 Å². The van der Waals surface area contributed by atoms with Crippen LogP contribution in [0.5, 0.6) is 23.0 Å². The van der Waals surface area contributed by atoms with Gasteiger partial charge >= 0.3 is 0 Å². The fourth-order valence-corrected chi connectivity index (χ4v) is 4.22. The summed E-state index contributed by atoms with van der Waals surface area (Å²) in [5.74, 6) is 3.25. The van der Waals surface area contributed by atoms with E-state index in [1.54, 1.807) is 33.5 Å². The summed E-state index contributed by atoms with van der Waals surface area (Å²) in [7, 11) is 6.68. The van der Waals surface area contributed by atoms with E-state index in [2.05, 4.69) is 12.2 Å². The number of aryl methyl sites for hydroxylation is 2. The van der Waals surface area contributed by atoms with E-state index in [1.807, 2.05) is 48.1 Å². The lowest BCUT2D eigenvalue weighted by atomic mass is 10.1. The van der Waals surface area contributed by atoms with Crippen molar-refractivity contribution in [3.05, 3.63) is 59.0 Å². The summed E-state index contributed by atoms with van der Waals surface area (Å²) in [6, 6.07) is 11.0. The molecule has 0 fully saturated rings. The molecule has 9 heteroatoms. The van der Waals surface area contributed by atoms with Crippen molar-refractivity contribution in [3.63, 3.8) is 0 Å². The molecular formula is C28H33N5O4. The predicted octanol–water partition coefficient (Wildman–Crippen LogP) is 4.87. The average molecular weight is 504 g/mol. The van der Waals surface area contributed by atoms with E-state index in [-0.39, 0.29) is 5.75 Å². The van der Waals surface area contributed by atoms with E-state index < -0.39 is 0 Å². The number of benzene rings is 2. The normalized spacial score (nSPS) is 11.3. The number of rotatable bonds is 11. The average Bonchev–Trinajstić information content (AvgIpc) is 3.23. The number of phenolic OH excluding ortho intramolecular Hbond substituents is 1. The van der Waals surface area contributed by atoms with Crippen LogP contribution >= 0.6 is 0 Å². The van der Waals surface area contributed by atoms with Crippen molar-refractivity contribution in [1.82, 2.24) is 19.7 Å². The molecule has 0 amide bonds. The molecule has 4 aromatic rings. The molecule has 0 spiro atoms. The maximum atomic E-state index is 9.53. The maximum Gasteiger partial charge on any atom is 0.203 e. The topological polar surface area (TPSA) is 104 Å². The summed E-state index contributed by atoms with van der Waals surface area (Å²) in [4.78, 5) is 9.67. The highest BCUT2D eigenvalue weighted by Gasteiger charge is 2.17. The molecule has 0 unspecified atom stereocenters. The van der Waals surface area contributed by atoms with Gasteiger partial charge in [0.2, 0.25) is 5.75 Å². The number of ether oxygens (including phenoxy) is 3. The Labute approximate surface area is 216 Å². The highest BCUT2D eigenvalue weighted by Crippen LogP contribution is 2.38. The Morgan fingerprint density at radius 1 is 0.946 bits per heavy atom. The number of aromatic hydroxyl groups is 1. The molecule has 0 aliphatic rings. The number of phenols is 1. The third-order valence-electron chi connectivity index (χ3n) is 6.01. The van der Waals surface area contributed by atoms with Gasteiger partial charge in [-0.05, 0) is 54.3 Å². The molecule has 194 valence electrons. The van der Waals surface area contributed by atoms with Crippen LogP contribution in [0.4, 0.5) is 5.82 Å². The summed E-state index contributed by atoms with van der Waals surface area (Å²) < 4.78 is 18.2. The van der Waals surface area contributed by atoms with Crippen LogP contribution in [-0.4, -0.2) is 52.7 Å². The molecule has 0 aliphatic carbocycles. The molecule has 2 heterocycles. The Kier molecular flexibility index (Phi) is 8.12. The number of nitrogens with one attached hydrogen (secondary N) is 1. The number of anilines is 1. The van der Waals surface area contributed by atoms with Gasteiger partial charge in [0.05, 0.1) is 27.0 Å². The lowest BCUT2D eigenvalue weighted by Crippen LogP contribution is -2.09. The molecule has 9 nitrogen and oxygen atoms in total. The van der Waals surface area contributed by atoms with Crippen LogP contribution in [0.3, 0.4) is 0 Å². The second kappa shape index (κ2) is 11.6. The first-order chi connectivity index (χ1) is 18.0. The van der Waals surface area contributed by atoms with E-state index in [4.69, 9.17) is 29.3 Å². The molecule has 2 aromatic carbocycles. The van der Waals surface area contributed by atoms with Gasteiger partial charge < -0.3 is 24.6 Å². The van der Waals surface area contributed by atoms with Crippen molar-refractivity contribution >= 4 is 29.0 Å². The van der Waals surface area contributed by atoms with Gasteiger partial charge in [0.25, 0.3) is 0 Å². The second-order valence-electron chi connectivity index (χ2n) is 8.58. The molecule has 0 aliphatic heterocycles. The van der Waals surface area contributed by atoms with Crippen LogP contribution in [0.15, 0.2) is 36.4 Å². The monoisotopic (exact) mass is 503 g/mol. The first kappa shape index (κ1) is 25.8. The highest BCUT2D eigenvalue weighted by molar-refractivity contribution is 5.89. The Bertz CT molecular complexity index is 1370. The van der Waals surface area contributed by atoms with Crippen molar-refractivity contribution in [2.45, 2.75) is 26.2 Å². The van der Waals surface area contributed by atoms with Crippen LogP contribution < -0.4 is 19.5 Å². The lowest BCUT2D eigenvalue weighted by molar-refractivity contribution is 0.324. The zero-order valence-electron chi connectivity index (χ0n) is 21.9. The Balaban J connectivity index is 1.68. The van der Waals surface area contributed by atoms with E-state index in [1.165, 1.54) is 0 Å². The maximum absolute atomic E-state index is 9.53. The SMILES string of the molecule is CCCc1nn(C)c2c(NCCc3ccc(O)cc3)nc(/C=C/c3cc(OC)c(OC)c(OC)c3)nc12. The van der Waals surface area contributed by atoms with Crippen molar-refractivity contribution in [3.8, 4) is 23.0 Å². The van der Waals surface area contributed by atoms with Gasteiger partial charge in [-0.15, -0.1) is 0 Å². The number of hydrogen-bond acceptors (Lipinski definition) is 8. The van der Waals surface area contributed by atoms with E-state index in [0.29, 0.717) is 29.6 Å². The number of aromatic nitrogens is 4. The summed E-state index contributed by atoms with van der Waals surface area (Å²) in [6.07, 6.45) is 6.37. The van der Waals surface area contributed by atoms with Crippen LogP contribution in [0.1, 0.15) is 36.0 Å². The van der Waals surface area contributed by atoms with Crippen molar-refractivity contribution in [1.29, 1.82) is 0 Å². The molecular weight excluding hydrogens is 470 g/mol. The van der Waals surface area contributed by atoms with E-state index in [0.717, 1.165) is 52.9 Å². The third kappa shape index (κ3) is 5.77. The van der Waals surface area contributed by atoms with E-state index in [9.17, 15) is 5.11 Å². The minimum absolute atomic E-state index is 0.260. The van der Waals surface area contributed by atoms with Gasteiger partial charge in [-0.25, -0.2) is 9.97 Å². The van der Waals surface area contributed by atoms with E-state index >= 15 is 0 Å². The molecule has 37 heavy (non-hydrogen) atoms. The lowest BCUT2D eigenvalue weighted by Gasteiger charge is -2.13. The van der Waals surface area contributed by atoms with Gasteiger partial charge in [-0.3, -0.25) is 4.68 Å². The second-order valence-corrected chi connectivity index (χ2v) is 8.58. The zero-order chi connectivity index (χ0) is 26.4. The first-order valence-electron chi connectivity index (χ1n) is 12.2. The standard InChI is InChI=1S/C28H33N5O4/c1-6-7-21-25-26(33(2)32-21)28(29-15-14-18-8-11-20(34)12-9-18)31-24(30-25)13-10-19-16-22(35-3)27(37-5)23(17-19)36-4/h8-13,16-17,34H,6-7,14-15H2,1-5H3,(H,29,30,31)/b13-10+. The smallest absolute Gasteiger partial charge is 0.203 e. The molecule has 0 radical (unpaired) electrons. The van der Waals surface area contributed by atoms with Crippen molar-refractivity contribution in [2.75, 3.05) is 33.2 Å². The zero-order valence-corrected chi connectivity index (χ0v) is 21.9. The number of nitrogens with zero attached hydrogens (tertiary/aromatic N) is 4. The molecule has 2 aromatic heterocycles. The van der Waals surface area contributed by atoms with Crippen LogP contribution in [-0.2, 0) is 19.9 Å². The highest BCUT2D eigenvalue weighted by atomic mass is 16.5. The summed E-state index contributed by atoms with van der Waals surface area (Å²) >= 11 is 0. The minimum Gasteiger partial charge on any atom is -0.508 e. The van der Waals surface area contributed by atoms with Crippen LogP contribution in [0.25, 0.3) is 23.2 Å². The van der Waals surface area contributed by atoms with Gasteiger partial charge in [0, 0.05) is 13.6 Å². The number of hydrogen-bond donors (Lipinski definition) is 2. The molecule has 0 saturated carbocycles. The molecule has 0 bridgehead atoms. The Morgan fingerprint density at radius 3 is 2.27 bits per heavy atom. The molecule has 0 saturated heterocycles. The van der Waals surface area contributed by atoms with Gasteiger partial charge in [0.15, 0.2) is 23.1 Å². The Hall–Kier alpha value is -4.27. The first-order valence-corrected chi connectivity index (χ1v) is 12.2. The van der Waals surface area contributed by atoms with Crippen LogP contribution in [0.2, 0.25) is 0 Å². The predicted molar refractivity (Wildman–Crippen MR) is 146 cm³/mol. The van der Waals surface area contributed by atoms with Crippen molar-refractivity contribution in [2.24, 2.45) is 7.05 Å².